The molecule has 0 saturated carbocycles. The van der Waals surface area contributed by atoms with Crippen LogP contribution in [0.4, 0.5) is 5.82 Å². The minimum atomic E-state index is -0.747. The first-order chi connectivity index (χ1) is 16.3. The number of nitrogens with zero attached hydrogens (tertiary/aromatic N) is 2. The molecule has 2 aromatic carbocycles. The third kappa shape index (κ3) is 3.59. The van der Waals surface area contributed by atoms with Crippen molar-refractivity contribution in [1.29, 1.82) is 0 Å². The van der Waals surface area contributed by atoms with E-state index >= 15 is 0 Å². The molecule has 0 saturated heterocycles. The molecule has 0 aliphatic carbocycles. The van der Waals surface area contributed by atoms with Gasteiger partial charge in [0, 0.05) is 5.69 Å². The summed E-state index contributed by atoms with van der Waals surface area (Å²) in [4.78, 5) is 44.3. The van der Waals surface area contributed by atoms with Crippen molar-refractivity contribution < 1.29 is 18.7 Å². The summed E-state index contributed by atoms with van der Waals surface area (Å²) in [5.74, 6) is -0.171. The molecule has 0 bridgehead atoms. The van der Waals surface area contributed by atoms with Gasteiger partial charge in [-0.05, 0) is 55.8 Å². The van der Waals surface area contributed by atoms with Crippen LogP contribution in [0.3, 0.4) is 0 Å². The van der Waals surface area contributed by atoms with Crippen molar-refractivity contribution in [2.75, 3.05) is 11.5 Å². The number of carbonyl (C=O) groups is 2. The van der Waals surface area contributed by atoms with Crippen LogP contribution in [0.1, 0.15) is 39.0 Å². The molecular formula is C26H21N3O5. The van der Waals surface area contributed by atoms with E-state index in [4.69, 9.17) is 14.9 Å². The fraction of sp³-hybridized carbons (Fsp3) is 0.154. The van der Waals surface area contributed by atoms with E-state index in [1.54, 1.807) is 48.5 Å². The Balaban J connectivity index is 1.70. The first-order valence-electron chi connectivity index (χ1n) is 10.7. The van der Waals surface area contributed by atoms with Crippen LogP contribution in [-0.4, -0.2) is 23.4 Å². The van der Waals surface area contributed by atoms with E-state index in [1.165, 1.54) is 4.90 Å². The average molecular weight is 455 g/mol. The van der Waals surface area contributed by atoms with Gasteiger partial charge in [0.15, 0.2) is 12.0 Å². The number of aryl methyl sites for hydroxylation is 2. The second-order valence-electron chi connectivity index (χ2n) is 8.21. The van der Waals surface area contributed by atoms with Crippen molar-refractivity contribution >= 4 is 28.6 Å². The molecule has 0 fully saturated rings. The zero-order valence-electron chi connectivity index (χ0n) is 18.6. The maximum atomic E-state index is 13.7. The van der Waals surface area contributed by atoms with Gasteiger partial charge in [0.05, 0.1) is 17.0 Å². The highest BCUT2D eigenvalue weighted by Crippen LogP contribution is 2.41. The maximum absolute atomic E-state index is 13.7. The summed E-state index contributed by atoms with van der Waals surface area (Å²) in [7, 11) is 0. The summed E-state index contributed by atoms with van der Waals surface area (Å²) in [6, 6.07) is 16.7. The van der Waals surface area contributed by atoms with Gasteiger partial charge >= 0.3 is 0 Å². The first kappa shape index (κ1) is 21.4. The van der Waals surface area contributed by atoms with Crippen LogP contribution in [0.25, 0.3) is 11.0 Å². The third-order valence-electron chi connectivity index (χ3n) is 5.72. The summed E-state index contributed by atoms with van der Waals surface area (Å²) in [5, 5.41) is 0.414. The van der Waals surface area contributed by atoms with Crippen LogP contribution < -0.4 is 20.8 Å². The Morgan fingerprint density at radius 2 is 1.85 bits per heavy atom. The Kier molecular flexibility index (Phi) is 5.13. The highest BCUT2D eigenvalue weighted by molar-refractivity contribution is 6.10. The van der Waals surface area contributed by atoms with Crippen molar-refractivity contribution in [3.63, 3.8) is 0 Å². The zero-order valence-corrected chi connectivity index (χ0v) is 18.6. The summed E-state index contributed by atoms with van der Waals surface area (Å²) in [5.41, 5.74) is 7.81. The molecule has 2 N–H and O–H groups in total. The Hall–Kier alpha value is -4.46. The zero-order chi connectivity index (χ0) is 24.0. The number of carbonyl (C=O) groups excluding carboxylic acids is 2. The van der Waals surface area contributed by atoms with Crippen molar-refractivity contribution in [3.05, 3.63) is 99.0 Å². The number of benzene rings is 2. The lowest BCUT2D eigenvalue weighted by Gasteiger charge is -2.24. The number of nitrogens with two attached hydrogens (primary N) is 1. The second-order valence-corrected chi connectivity index (χ2v) is 8.21. The number of rotatable bonds is 5. The number of hydrogen-bond donors (Lipinski definition) is 1. The lowest BCUT2D eigenvalue weighted by Crippen LogP contribution is -2.30. The number of primary amides is 1. The van der Waals surface area contributed by atoms with E-state index in [1.807, 2.05) is 26.0 Å². The number of hydrogen-bond acceptors (Lipinski definition) is 6. The van der Waals surface area contributed by atoms with Gasteiger partial charge in [-0.15, -0.1) is 0 Å². The minimum Gasteiger partial charge on any atom is -0.484 e. The van der Waals surface area contributed by atoms with Crippen LogP contribution in [0.15, 0.2) is 69.9 Å². The Labute approximate surface area is 194 Å². The fourth-order valence-electron chi connectivity index (χ4n) is 4.20. The van der Waals surface area contributed by atoms with Crippen LogP contribution >= 0.6 is 0 Å². The molecule has 1 aliphatic rings. The van der Waals surface area contributed by atoms with Gasteiger partial charge < -0.3 is 14.9 Å². The van der Waals surface area contributed by atoms with Crippen molar-refractivity contribution in [1.82, 2.24) is 4.98 Å². The van der Waals surface area contributed by atoms with Crippen LogP contribution in [-0.2, 0) is 4.79 Å². The molecule has 0 spiro atoms. The molecule has 170 valence electrons. The quantitative estimate of drug-likeness (QED) is 0.493. The number of aromatic nitrogens is 1. The molecule has 1 atom stereocenters. The van der Waals surface area contributed by atoms with E-state index in [0.717, 1.165) is 11.3 Å². The van der Waals surface area contributed by atoms with Crippen molar-refractivity contribution in [2.45, 2.75) is 19.9 Å². The van der Waals surface area contributed by atoms with Gasteiger partial charge in [0.2, 0.25) is 5.76 Å². The SMILES string of the molecule is Cc1ccc2oc3c(c(=O)c2c1)C(c1ccc(OCC(N)=O)cc1)N(c1cccc(C)n1)C3=O. The molecular weight excluding hydrogens is 434 g/mol. The molecule has 4 aromatic rings. The average Bonchev–Trinajstić information content (AvgIpc) is 3.11. The maximum Gasteiger partial charge on any atom is 0.296 e. The molecule has 34 heavy (non-hydrogen) atoms. The molecule has 1 aliphatic heterocycles. The normalized spacial score (nSPS) is 14.9. The standard InChI is InChI=1S/C26H21N3O5/c1-14-6-11-19-18(12-14)24(31)22-23(16-7-9-17(10-8-16)33-13-20(27)30)29(26(32)25(22)34-19)21-5-3-4-15(2)28-21/h3-12,23H,13H2,1-2H3,(H2,27,30). The van der Waals surface area contributed by atoms with Crippen LogP contribution in [0, 0.1) is 13.8 Å². The highest BCUT2D eigenvalue weighted by Gasteiger charge is 2.44. The summed E-state index contributed by atoms with van der Waals surface area (Å²) in [6.07, 6.45) is 0. The Morgan fingerprint density at radius 3 is 2.56 bits per heavy atom. The second kappa shape index (κ2) is 8.15. The monoisotopic (exact) mass is 455 g/mol. The molecule has 5 rings (SSSR count). The van der Waals surface area contributed by atoms with Gasteiger partial charge in [-0.25, -0.2) is 4.98 Å². The number of ether oxygens (including phenoxy) is 1. The van der Waals surface area contributed by atoms with Gasteiger partial charge in [-0.1, -0.05) is 29.8 Å². The number of anilines is 1. The van der Waals surface area contributed by atoms with Crippen LogP contribution in [0.2, 0.25) is 0 Å². The summed E-state index contributed by atoms with van der Waals surface area (Å²) >= 11 is 0. The first-order valence-corrected chi connectivity index (χ1v) is 10.7. The summed E-state index contributed by atoms with van der Waals surface area (Å²) in [6.45, 7) is 3.47. The van der Waals surface area contributed by atoms with Gasteiger partial charge in [-0.3, -0.25) is 19.3 Å². The molecule has 2 amide bonds. The predicted molar refractivity (Wildman–Crippen MR) is 126 cm³/mol. The lowest BCUT2D eigenvalue weighted by molar-refractivity contribution is -0.119. The van der Waals surface area contributed by atoms with Crippen LogP contribution in [0.5, 0.6) is 5.75 Å². The van der Waals surface area contributed by atoms with E-state index in [9.17, 15) is 14.4 Å². The van der Waals surface area contributed by atoms with E-state index in [0.29, 0.717) is 28.1 Å². The topological polar surface area (TPSA) is 116 Å². The van der Waals surface area contributed by atoms with E-state index < -0.39 is 17.9 Å². The minimum absolute atomic E-state index is 0.00344. The molecule has 0 radical (unpaired) electrons. The van der Waals surface area contributed by atoms with Gasteiger partial charge in [-0.2, -0.15) is 0 Å². The molecule has 3 heterocycles. The largest absolute Gasteiger partial charge is 0.484 e. The molecule has 8 heteroatoms. The van der Waals surface area contributed by atoms with E-state index in [2.05, 4.69) is 4.98 Å². The smallest absolute Gasteiger partial charge is 0.296 e. The Bertz CT molecular complexity index is 1510. The number of amides is 2. The van der Waals surface area contributed by atoms with Gasteiger partial charge in [0.25, 0.3) is 11.8 Å². The number of pyridine rings is 1. The van der Waals surface area contributed by atoms with Crippen molar-refractivity contribution in [2.24, 2.45) is 5.73 Å². The molecule has 2 aromatic heterocycles. The highest BCUT2D eigenvalue weighted by atomic mass is 16.5. The fourth-order valence-corrected chi connectivity index (χ4v) is 4.20. The summed E-state index contributed by atoms with van der Waals surface area (Å²) < 4.78 is 11.3. The molecule has 8 nitrogen and oxygen atoms in total. The third-order valence-corrected chi connectivity index (χ3v) is 5.72. The van der Waals surface area contributed by atoms with Gasteiger partial charge in [0.1, 0.15) is 17.2 Å². The predicted octanol–water partition coefficient (Wildman–Crippen LogP) is 3.42. The Morgan fingerprint density at radius 1 is 1.09 bits per heavy atom. The van der Waals surface area contributed by atoms with E-state index in [-0.39, 0.29) is 23.4 Å². The molecule has 1 unspecified atom stereocenters. The van der Waals surface area contributed by atoms with Crippen molar-refractivity contribution in [3.8, 4) is 5.75 Å². The number of fused-ring (bicyclic) bond motifs is 2. The lowest BCUT2D eigenvalue weighted by atomic mass is 9.98.